The van der Waals surface area contributed by atoms with Crippen molar-refractivity contribution in [1.82, 2.24) is 5.32 Å². The van der Waals surface area contributed by atoms with Gasteiger partial charge in [0, 0.05) is 5.56 Å². The second-order valence-corrected chi connectivity index (χ2v) is 5.08. The van der Waals surface area contributed by atoms with Crippen LogP contribution in [0.25, 0.3) is 0 Å². The van der Waals surface area contributed by atoms with Crippen LogP contribution in [0.5, 0.6) is 0 Å². The number of nitrogens with one attached hydrogen (secondary N) is 1. The van der Waals surface area contributed by atoms with Crippen LogP contribution in [-0.4, -0.2) is 16.9 Å². The summed E-state index contributed by atoms with van der Waals surface area (Å²) in [4.78, 5) is 12.5. The van der Waals surface area contributed by atoms with Gasteiger partial charge in [0.1, 0.15) is 0 Å². The maximum absolute atomic E-state index is 12.2. The van der Waals surface area contributed by atoms with Crippen molar-refractivity contribution in [3.8, 4) is 0 Å². The number of carbonyl (C=O) groups excluding carboxylic acids is 1. The summed E-state index contributed by atoms with van der Waals surface area (Å²) in [5.74, 6) is 0.0687. The Labute approximate surface area is 114 Å². The molecular weight excluding hydrogens is 244 g/mol. The summed E-state index contributed by atoms with van der Waals surface area (Å²) in [5, 5.41) is 2.90. The molecule has 0 heterocycles. The topological polar surface area (TPSA) is 55.1 Å². The lowest BCUT2D eigenvalue weighted by molar-refractivity contribution is 0.0939. The Morgan fingerprint density at radius 3 is 2.50 bits per heavy atom. The maximum atomic E-state index is 12.2. The normalized spacial score (nSPS) is 12.2. The molecule has 0 radical (unpaired) electrons. The summed E-state index contributed by atoms with van der Waals surface area (Å²) in [6, 6.07) is 7.31. The number of nitrogens with two attached hydrogens (primary N) is 1. The average Bonchev–Trinajstić information content (AvgIpc) is 2.34. The molecule has 1 atom stereocenters. The highest BCUT2D eigenvalue weighted by atomic mass is 32.1. The van der Waals surface area contributed by atoms with Crippen molar-refractivity contribution in [2.75, 3.05) is 0 Å². The van der Waals surface area contributed by atoms with E-state index in [2.05, 4.69) is 5.32 Å². The van der Waals surface area contributed by atoms with E-state index in [1.165, 1.54) is 0 Å². The van der Waals surface area contributed by atoms with Crippen LogP contribution >= 0.6 is 12.2 Å². The van der Waals surface area contributed by atoms with Crippen LogP contribution in [0.15, 0.2) is 24.3 Å². The fourth-order valence-electron chi connectivity index (χ4n) is 1.84. The largest absolute Gasteiger partial charge is 0.392 e. The molecule has 0 aliphatic heterocycles. The molecule has 0 aliphatic carbocycles. The number of amides is 1. The first-order valence-corrected chi connectivity index (χ1v) is 6.56. The molecule has 3 N–H and O–H groups in total. The van der Waals surface area contributed by atoms with Gasteiger partial charge in [-0.05, 0) is 24.0 Å². The average molecular weight is 264 g/mol. The summed E-state index contributed by atoms with van der Waals surface area (Å²) in [5.41, 5.74) is 7.38. The standard InChI is InChI=1S/C14H20N2OS/c1-4-10-7-5-6-8-11(10)14(17)16-12(9(2)3)13(15)18/h5-9,12H,4H2,1-3H3,(H2,15,18)(H,16,17). The third-order valence-corrected chi connectivity index (χ3v) is 3.16. The number of thiocarbonyl (C=S) groups is 1. The van der Waals surface area contributed by atoms with E-state index >= 15 is 0 Å². The Morgan fingerprint density at radius 2 is 2.00 bits per heavy atom. The van der Waals surface area contributed by atoms with Gasteiger partial charge in [0.2, 0.25) is 0 Å². The molecule has 0 aromatic heterocycles. The van der Waals surface area contributed by atoms with E-state index in [4.69, 9.17) is 18.0 Å². The molecule has 18 heavy (non-hydrogen) atoms. The first-order valence-electron chi connectivity index (χ1n) is 6.15. The molecule has 0 saturated heterocycles. The van der Waals surface area contributed by atoms with Crippen molar-refractivity contribution in [3.05, 3.63) is 35.4 Å². The van der Waals surface area contributed by atoms with Gasteiger partial charge in [0.25, 0.3) is 5.91 Å². The zero-order valence-corrected chi connectivity index (χ0v) is 11.9. The predicted molar refractivity (Wildman–Crippen MR) is 78.7 cm³/mol. The summed E-state index contributed by atoms with van der Waals surface area (Å²) >= 11 is 4.99. The molecular formula is C14H20N2OS. The smallest absolute Gasteiger partial charge is 0.252 e. The van der Waals surface area contributed by atoms with Gasteiger partial charge in [0.05, 0.1) is 11.0 Å². The Morgan fingerprint density at radius 1 is 1.39 bits per heavy atom. The number of aryl methyl sites for hydroxylation is 1. The highest BCUT2D eigenvalue weighted by Gasteiger charge is 2.20. The predicted octanol–water partition coefficient (Wildman–Crippen LogP) is 2.29. The molecule has 1 rings (SSSR count). The van der Waals surface area contributed by atoms with Crippen LogP contribution < -0.4 is 11.1 Å². The molecule has 0 fully saturated rings. The second kappa shape index (κ2) is 6.50. The van der Waals surface area contributed by atoms with Crippen molar-refractivity contribution in [2.45, 2.75) is 33.2 Å². The van der Waals surface area contributed by atoms with Crippen LogP contribution in [0, 0.1) is 5.92 Å². The molecule has 1 unspecified atom stereocenters. The minimum Gasteiger partial charge on any atom is -0.392 e. The number of rotatable bonds is 5. The van der Waals surface area contributed by atoms with E-state index < -0.39 is 0 Å². The number of carbonyl (C=O) groups is 1. The van der Waals surface area contributed by atoms with Crippen molar-refractivity contribution in [2.24, 2.45) is 11.7 Å². The number of hydrogen-bond donors (Lipinski definition) is 2. The molecule has 0 saturated carbocycles. The SMILES string of the molecule is CCc1ccccc1C(=O)NC(C(N)=S)C(C)C. The Bertz CT molecular complexity index is 443. The third-order valence-electron chi connectivity index (χ3n) is 2.90. The second-order valence-electron chi connectivity index (χ2n) is 4.61. The molecule has 1 aromatic carbocycles. The van der Waals surface area contributed by atoms with Gasteiger partial charge >= 0.3 is 0 Å². The van der Waals surface area contributed by atoms with Gasteiger partial charge in [-0.2, -0.15) is 0 Å². The van der Waals surface area contributed by atoms with Crippen molar-refractivity contribution >= 4 is 23.1 Å². The Hall–Kier alpha value is -1.42. The minimum absolute atomic E-state index is 0.112. The lowest BCUT2D eigenvalue weighted by Gasteiger charge is -2.21. The molecule has 98 valence electrons. The van der Waals surface area contributed by atoms with Crippen LogP contribution in [0.4, 0.5) is 0 Å². The van der Waals surface area contributed by atoms with Gasteiger partial charge in [0.15, 0.2) is 0 Å². The van der Waals surface area contributed by atoms with E-state index in [0.717, 1.165) is 12.0 Å². The fraction of sp³-hybridized carbons (Fsp3) is 0.429. The molecule has 0 bridgehead atoms. The van der Waals surface area contributed by atoms with Crippen LogP contribution in [0.3, 0.4) is 0 Å². The van der Waals surface area contributed by atoms with Gasteiger partial charge in [-0.15, -0.1) is 0 Å². The quantitative estimate of drug-likeness (QED) is 0.802. The first-order chi connectivity index (χ1) is 8.47. The molecule has 1 amide bonds. The van der Waals surface area contributed by atoms with Crippen molar-refractivity contribution < 1.29 is 4.79 Å². The number of hydrogen-bond acceptors (Lipinski definition) is 2. The summed E-state index contributed by atoms with van der Waals surface area (Å²) in [6.45, 7) is 5.99. The molecule has 0 spiro atoms. The first kappa shape index (κ1) is 14.6. The number of benzene rings is 1. The summed E-state index contributed by atoms with van der Waals surface area (Å²) < 4.78 is 0. The van der Waals surface area contributed by atoms with E-state index in [9.17, 15) is 4.79 Å². The van der Waals surface area contributed by atoms with Gasteiger partial charge < -0.3 is 11.1 Å². The fourth-order valence-corrected chi connectivity index (χ4v) is 2.17. The molecule has 0 aliphatic rings. The zero-order chi connectivity index (χ0) is 13.7. The molecule has 4 heteroatoms. The van der Waals surface area contributed by atoms with Gasteiger partial charge in [-0.3, -0.25) is 4.79 Å². The van der Waals surface area contributed by atoms with Crippen molar-refractivity contribution in [1.29, 1.82) is 0 Å². The minimum atomic E-state index is -0.266. The van der Waals surface area contributed by atoms with E-state index in [1.807, 2.05) is 45.0 Å². The lowest BCUT2D eigenvalue weighted by atomic mass is 10.0. The monoisotopic (exact) mass is 264 g/mol. The van der Waals surface area contributed by atoms with E-state index in [0.29, 0.717) is 10.6 Å². The highest BCUT2D eigenvalue weighted by Crippen LogP contribution is 2.11. The third kappa shape index (κ3) is 3.53. The molecule has 3 nitrogen and oxygen atoms in total. The van der Waals surface area contributed by atoms with Gasteiger partial charge in [-0.1, -0.05) is 51.2 Å². The summed E-state index contributed by atoms with van der Waals surface area (Å²) in [6.07, 6.45) is 0.822. The van der Waals surface area contributed by atoms with E-state index in [1.54, 1.807) is 0 Å². The lowest BCUT2D eigenvalue weighted by Crippen LogP contribution is -2.47. The molecule has 1 aromatic rings. The highest BCUT2D eigenvalue weighted by molar-refractivity contribution is 7.80. The zero-order valence-electron chi connectivity index (χ0n) is 11.1. The Balaban J connectivity index is 2.90. The van der Waals surface area contributed by atoms with Crippen LogP contribution in [0.1, 0.15) is 36.7 Å². The summed E-state index contributed by atoms with van der Waals surface area (Å²) in [7, 11) is 0. The maximum Gasteiger partial charge on any atom is 0.252 e. The van der Waals surface area contributed by atoms with Crippen molar-refractivity contribution in [3.63, 3.8) is 0 Å². The van der Waals surface area contributed by atoms with Crippen LogP contribution in [-0.2, 0) is 6.42 Å². The van der Waals surface area contributed by atoms with Crippen LogP contribution in [0.2, 0.25) is 0 Å². The Kier molecular flexibility index (Phi) is 5.28. The van der Waals surface area contributed by atoms with E-state index in [-0.39, 0.29) is 17.9 Å². The van der Waals surface area contributed by atoms with Gasteiger partial charge in [-0.25, -0.2) is 0 Å².